The Kier molecular flexibility index (Phi) is 6.14. The molecule has 0 unspecified atom stereocenters. The number of carbonyl (C=O) groups is 1. The van der Waals surface area contributed by atoms with Crippen molar-refractivity contribution < 1.29 is 17.6 Å². The van der Waals surface area contributed by atoms with Crippen molar-refractivity contribution in [3.8, 4) is 0 Å². The van der Waals surface area contributed by atoms with E-state index in [1.165, 1.54) is 24.3 Å². The number of halogens is 2. The van der Waals surface area contributed by atoms with Gasteiger partial charge in [-0.05, 0) is 37.1 Å². The van der Waals surface area contributed by atoms with Gasteiger partial charge >= 0.3 is 0 Å². The first-order valence-corrected chi connectivity index (χ1v) is 10.5. The maximum atomic E-state index is 14.0. The zero-order valence-electron chi connectivity index (χ0n) is 14.6. The van der Waals surface area contributed by atoms with Gasteiger partial charge in [-0.2, -0.15) is 0 Å². The van der Waals surface area contributed by atoms with Crippen LogP contribution < -0.4 is 4.72 Å². The first-order chi connectivity index (χ1) is 12.9. The second-order valence-electron chi connectivity index (χ2n) is 6.41. The van der Waals surface area contributed by atoms with Gasteiger partial charge in [-0.25, -0.2) is 17.5 Å². The molecule has 1 aliphatic rings. The normalized spacial score (nSPS) is 14.1. The van der Waals surface area contributed by atoms with Gasteiger partial charge in [0.2, 0.25) is 15.9 Å². The Hall–Kier alpha value is -1.96. The molecule has 1 amide bonds. The van der Waals surface area contributed by atoms with E-state index >= 15 is 0 Å². The second-order valence-corrected chi connectivity index (χ2v) is 8.59. The molecule has 0 atom stereocenters. The maximum Gasteiger partial charge on any atom is 0.240 e. The molecule has 2 aromatic rings. The first kappa shape index (κ1) is 19.8. The molecule has 0 bridgehead atoms. The number of rotatable bonds is 8. The molecule has 1 fully saturated rings. The van der Waals surface area contributed by atoms with Gasteiger partial charge in [0, 0.05) is 29.6 Å². The zero-order valence-corrected chi connectivity index (χ0v) is 16.1. The smallest absolute Gasteiger partial charge is 0.240 e. The molecular formula is C19H20ClFN2O3S. The van der Waals surface area contributed by atoms with Gasteiger partial charge < -0.3 is 4.90 Å². The van der Waals surface area contributed by atoms with Crippen LogP contribution in [0.2, 0.25) is 5.02 Å². The molecule has 0 spiro atoms. The highest BCUT2D eigenvalue weighted by atomic mass is 35.5. The fraction of sp³-hybridized carbons (Fsp3) is 0.316. The Bertz CT molecular complexity index is 898. The van der Waals surface area contributed by atoms with Crippen molar-refractivity contribution in [3.63, 3.8) is 0 Å². The molecule has 144 valence electrons. The van der Waals surface area contributed by atoms with E-state index in [1.54, 1.807) is 29.2 Å². The summed E-state index contributed by atoms with van der Waals surface area (Å²) in [5.41, 5.74) is 0.282. The number of hydrogen-bond donors (Lipinski definition) is 1. The lowest BCUT2D eigenvalue weighted by atomic mass is 10.2. The lowest BCUT2D eigenvalue weighted by Crippen LogP contribution is -2.36. The van der Waals surface area contributed by atoms with Crippen molar-refractivity contribution in [1.29, 1.82) is 0 Å². The molecule has 2 aromatic carbocycles. The predicted octanol–water partition coefficient (Wildman–Crippen LogP) is 3.34. The molecule has 27 heavy (non-hydrogen) atoms. The van der Waals surface area contributed by atoms with E-state index in [-0.39, 0.29) is 46.9 Å². The molecule has 0 heterocycles. The van der Waals surface area contributed by atoms with E-state index in [1.807, 2.05) is 0 Å². The Morgan fingerprint density at radius 3 is 2.48 bits per heavy atom. The summed E-state index contributed by atoms with van der Waals surface area (Å²) in [5.74, 6) is -0.682. The summed E-state index contributed by atoms with van der Waals surface area (Å²) in [4.78, 5) is 14.3. The fourth-order valence-corrected chi connectivity index (χ4v) is 4.06. The molecule has 3 rings (SSSR count). The van der Waals surface area contributed by atoms with Gasteiger partial charge in [-0.1, -0.05) is 35.9 Å². The van der Waals surface area contributed by atoms with Crippen LogP contribution in [0.5, 0.6) is 0 Å². The minimum absolute atomic E-state index is 0.00532. The molecule has 0 saturated heterocycles. The summed E-state index contributed by atoms with van der Waals surface area (Å²) in [6.45, 7) is 0.0602. The van der Waals surface area contributed by atoms with Crippen LogP contribution in [0, 0.1) is 5.82 Å². The van der Waals surface area contributed by atoms with Crippen LogP contribution in [0.1, 0.15) is 24.8 Å². The number of hydrogen-bond acceptors (Lipinski definition) is 3. The third-order valence-corrected chi connectivity index (χ3v) is 6.21. The van der Waals surface area contributed by atoms with Gasteiger partial charge in [0.15, 0.2) is 0 Å². The lowest BCUT2D eigenvalue weighted by molar-refractivity contribution is -0.132. The van der Waals surface area contributed by atoms with E-state index in [0.717, 1.165) is 12.8 Å². The maximum absolute atomic E-state index is 14.0. The van der Waals surface area contributed by atoms with Crippen LogP contribution in [-0.2, 0) is 21.4 Å². The van der Waals surface area contributed by atoms with Crippen molar-refractivity contribution in [3.05, 3.63) is 64.9 Å². The molecule has 0 aromatic heterocycles. The van der Waals surface area contributed by atoms with Crippen molar-refractivity contribution in [2.45, 2.75) is 36.7 Å². The zero-order chi connectivity index (χ0) is 19.4. The Balaban J connectivity index is 1.62. The minimum atomic E-state index is -3.66. The second kappa shape index (κ2) is 8.37. The third-order valence-electron chi connectivity index (χ3n) is 4.38. The van der Waals surface area contributed by atoms with Gasteiger partial charge in [0.25, 0.3) is 0 Å². The molecule has 8 heteroatoms. The topological polar surface area (TPSA) is 66.5 Å². The Labute approximate surface area is 163 Å². The van der Waals surface area contributed by atoms with Crippen molar-refractivity contribution >= 4 is 27.5 Å². The first-order valence-electron chi connectivity index (χ1n) is 8.65. The van der Waals surface area contributed by atoms with Crippen LogP contribution in [0.15, 0.2) is 53.4 Å². The molecule has 1 aliphatic carbocycles. The Morgan fingerprint density at radius 2 is 1.85 bits per heavy atom. The van der Waals surface area contributed by atoms with Gasteiger partial charge in [-0.3, -0.25) is 4.79 Å². The van der Waals surface area contributed by atoms with Crippen LogP contribution in [-0.4, -0.2) is 31.8 Å². The van der Waals surface area contributed by atoms with Crippen molar-refractivity contribution in [2.24, 2.45) is 0 Å². The van der Waals surface area contributed by atoms with E-state index in [9.17, 15) is 17.6 Å². The van der Waals surface area contributed by atoms with Gasteiger partial charge in [0.1, 0.15) is 5.82 Å². The summed E-state index contributed by atoms with van der Waals surface area (Å²) in [6, 6.07) is 12.4. The highest BCUT2D eigenvalue weighted by Gasteiger charge is 2.33. The van der Waals surface area contributed by atoms with Gasteiger partial charge in [0.05, 0.1) is 11.4 Å². The number of carbonyl (C=O) groups excluding carboxylic acids is 1. The van der Waals surface area contributed by atoms with E-state index in [2.05, 4.69) is 4.72 Å². The lowest BCUT2D eigenvalue weighted by Gasteiger charge is -2.23. The van der Waals surface area contributed by atoms with Crippen LogP contribution in [0.4, 0.5) is 4.39 Å². The van der Waals surface area contributed by atoms with E-state index in [0.29, 0.717) is 0 Å². The molecule has 5 nitrogen and oxygen atoms in total. The molecule has 1 saturated carbocycles. The number of nitrogens with one attached hydrogen (secondary N) is 1. The highest BCUT2D eigenvalue weighted by Crippen LogP contribution is 2.31. The number of nitrogens with zero attached hydrogens (tertiary/aromatic N) is 1. The average molecular weight is 411 g/mol. The van der Waals surface area contributed by atoms with Gasteiger partial charge in [-0.15, -0.1) is 0 Å². The SMILES string of the molecule is O=C(CCNS(=O)(=O)c1ccccc1)N(Cc1c(F)cccc1Cl)C1CC1. The Morgan fingerprint density at radius 1 is 1.15 bits per heavy atom. The summed E-state index contributed by atoms with van der Waals surface area (Å²) in [5, 5.41) is 0.276. The largest absolute Gasteiger partial charge is 0.335 e. The molecule has 0 aliphatic heterocycles. The highest BCUT2D eigenvalue weighted by molar-refractivity contribution is 7.89. The van der Waals surface area contributed by atoms with Crippen molar-refractivity contribution in [1.82, 2.24) is 9.62 Å². The fourth-order valence-electron chi connectivity index (χ4n) is 2.78. The van der Waals surface area contributed by atoms with Crippen LogP contribution in [0.3, 0.4) is 0 Å². The molecular weight excluding hydrogens is 391 g/mol. The number of sulfonamides is 1. The molecule has 0 radical (unpaired) electrons. The predicted molar refractivity (Wildman–Crippen MR) is 101 cm³/mol. The average Bonchev–Trinajstić information content (AvgIpc) is 3.47. The van der Waals surface area contributed by atoms with Crippen molar-refractivity contribution in [2.75, 3.05) is 6.54 Å². The number of benzene rings is 2. The van der Waals surface area contributed by atoms with Crippen LogP contribution in [0.25, 0.3) is 0 Å². The van der Waals surface area contributed by atoms with E-state index < -0.39 is 15.8 Å². The third kappa shape index (κ3) is 5.06. The molecule has 1 N–H and O–H groups in total. The summed E-state index contributed by atoms with van der Waals surface area (Å²) in [6.07, 6.45) is 1.70. The summed E-state index contributed by atoms with van der Waals surface area (Å²) in [7, 11) is -3.66. The monoisotopic (exact) mass is 410 g/mol. The van der Waals surface area contributed by atoms with E-state index in [4.69, 9.17) is 11.6 Å². The standard InChI is InChI=1S/C19H20ClFN2O3S/c20-17-7-4-8-18(21)16(17)13-23(14-9-10-14)19(24)11-12-22-27(25,26)15-5-2-1-3-6-15/h1-8,14,22H,9-13H2. The quantitative estimate of drug-likeness (QED) is 0.725. The van der Waals surface area contributed by atoms with Crippen LogP contribution >= 0.6 is 11.6 Å². The minimum Gasteiger partial charge on any atom is -0.335 e. The summed E-state index contributed by atoms with van der Waals surface area (Å²) >= 11 is 6.07. The number of amides is 1. The summed E-state index contributed by atoms with van der Waals surface area (Å²) < 4.78 is 40.9.